The fraction of sp³-hybridized carbons (Fsp3) is 0.737. The second-order valence-electron chi connectivity index (χ2n) is 7.09. The van der Waals surface area contributed by atoms with Gasteiger partial charge >= 0.3 is 0 Å². The largest absolute Gasteiger partial charge is 0.349 e. The summed E-state index contributed by atoms with van der Waals surface area (Å²) in [7, 11) is 0. The average molecular weight is 330 g/mol. The molecule has 5 heteroatoms. The van der Waals surface area contributed by atoms with Crippen LogP contribution in [0.2, 0.25) is 0 Å². The van der Waals surface area contributed by atoms with Crippen LogP contribution in [0.4, 0.5) is 5.95 Å². The third-order valence-electron chi connectivity index (χ3n) is 5.48. The number of anilines is 1. The summed E-state index contributed by atoms with van der Waals surface area (Å²) in [6.45, 7) is 6.29. The number of amides is 1. The number of hydrogen-bond acceptors (Lipinski definition) is 4. The zero-order valence-electron chi connectivity index (χ0n) is 15.1. The van der Waals surface area contributed by atoms with Crippen molar-refractivity contribution in [3.05, 3.63) is 17.5 Å². The van der Waals surface area contributed by atoms with Crippen molar-refractivity contribution < 1.29 is 4.79 Å². The van der Waals surface area contributed by atoms with E-state index in [0.29, 0.717) is 0 Å². The maximum atomic E-state index is 12.4. The molecule has 1 amide bonds. The van der Waals surface area contributed by atoms with Crippen molar-refractivity contribution in [1.82, 2.24) is 15.3 Å². The van der Waals surface area contributed by atoms with Gasteiger partial charge in [0.1, 0.15) is 0 Å². The van der Waals surface area contributed by atoms with Gasteiger partial charge < -0.3 is 10.2 Å². The van der Waals surface area contributed by atoms with Crippen molar-refractivity contribution in [1.29, 1.82) is 0 Å². The number of nitrogens with zero attached hydrogens (tertiary/aromatic N) is 3. The summed E-state index contributed by atoms with van der Waals surface area (Å²) in [5.74, 6) is 1.17. The minimum atomic E-state index is 0.0808. The third kappa shape index (κ3) is 3.70. The van der Waals surface area contributed by atoms with Crippen molar-refractivity contribution in [2.75, 3.05) is 18.0 Å². The van der Waals surface area contributed by atoms with Gasteiger partial charge in [0, 0.05) is 30.8 Å². The summed E-state index contributed by atoms with van der Waals surface area (Å²) in [6.07, 6.45) is 10.6. The highest BCUT2D eigenvalue weighted by molar-refractivity contribution is 5.79. The Morgan fingerprint density at radius 1 is 1.25 bits per heavy atom. The molecule has 132 valence electrons. The summed E-state index contributed by atoms with van der Waals surface area (Å²) in [5.41, 5.74) is 2.26. The number of carbonyl (C=O) groups is 1. The zero-order valence-corrected chi connectivity index (χ0v) is 15.1. The summed E-state index contributed by atoms with van der Waals surface area (Å²) < 4.78 is 0. The summed E-state index contributed by atoms with van der Waals surface area (Å²) in [4.78, 5) is 24.2. The van der Waals surface area contributed by atoms with Gasteiger partial charge in [-0.15, -0.1) is 0 Å². The first-order chi connectivity index (χ1) is 11.7. The van der Waals surface area contributed by atoms with E-state index in [4.69, 9.17) is 4.98 Å². The molecule has 2 aliphatic rings. The third-order valence-corrected chi connectivity index (χ3v) is 5.48. The van der Waals surface area contributed by atoms with E-state index in [2.05, 4.69) is 29.0 Å². The number of aromatic nitrogens is 2. The molecule has 0 bridgehead atoms. The van der Waals surface area contributed by atoms with Gasteiger partial charge in [0.05, 0.1) is 11.7 Å². The van der Waals surface area contributed by atoms with Crippen LogP contribution in [0.25, 0.3) is 0 Å². The standard InChI is InChI=1S/C19H30N4O/c1-3-14(4-2)18(24)21-16-9-8-10-17-15(16)13-20-19(22-17)23-11-6-5-7-12-23/h13-14,16H,3-12H2,1-2H3,(H,21,24)/t16-/m0/s1. The van der Waals surface area contributed by atoms with Gasteiger partial charge in [-0.2, -0.15) is 0 Å². The molecule has 1 saturated heterocycles. The van der Waals surface area contributed by atoms with Crippen LogP contribution in [0.5, 0.6) is 0 Å². The molecule has 1 aliphatic carbocycles. The van der Waals surface area contributed by atoms with E-state index >= 15 is 0 Å². The Labute approximate surface area is 145 Å². The number of nitrogens with one attached hydrogen (secondary N) is 1. The van der Waals surface area contributed by atoms with Gasteiger partial charge in [0.25, 0.3) is 0 Å². The highest BCUT2D eigenvalue weighted by Gasteiger charge is 2.26. The molecular formula is C19H30N4O. The van der Waals surface area contributed by atoms with E-state index in [1.807, 2.05) is 6.20 Å². The van der Waals surface area contributed by atoms with Gasteiger partial charge in [-0.3, -0.25) is 4.79 Å². The van der Waals surface area contributed by atoms with Crippen molar-refractivity contribution in [3.63, 3.8) is 0 Å². The Morgan fingerprint density at radius 3 is 2.71 bits per heavy atom. The minimum absolute atomic E-state index is 0.0808. The minimum Gasteiger partial charge on any atom is -0.349 e. The van der Waals surface area contributed by atoms with Crippen LogP contribution < -0.4 is 10.2 Å². The smallest absolute Gasteiger partial charge is 0.225 e. The van der Waals surface area contributed by atoms with Crippen molar-refractivity contribution in [2.24, 2.45) is 5.92 Å². The van der Waals surface area contributed by atoms with Gasteiger partial charge in [0.15, 0.2) is 0 Å². The molecule has 0 saturated carbocycles. The Bertz CT molecular complexity index is 564. The molecule has 1 atom stereocenters. The second-order valence-corrected chi connectivity index (χ2v) is 7.09. The van der Waals surface area contributed by atoms with Gasteiger partial charge in [-0.1, -0.05) is 13.8 Å². The Balaban J connectivity index is 1.74. The van der Waals surface area contributed by atoms with Crippen LogP contribution in [0.15, 0.2) is 6.20 Å². The van der Waals surface area contributed by atoms with Crippen molar-refractivity contribution in [2.45, 2.75) is 71.3 Å². The maximum absolute atomic E-state index is 12.4. The van der Waals surface area contributed by atoms with Crippen LogP contribution in [0.3, 0.4) is 0 Å². The summed E-state index contributed by atoms with van der Waals surface area (Å²) >= 11 is 0. The Hall–Kier alpha value is -1.65. The predicted molar refractivity (Wildman–Crippen MR) is 96.0 cm³/mol. The monoisotopic (exact) mass is 330 g/mol. The number of fused-ring (bicyclic) bond motifs is 1. The van der Waals surface area contributed by atoms with E-state index in [9.17, 15) is 4.79 Å². The maximum Gasteiger partial charge on any atom is 0.225 e. The van der Waals surface area contributed by atoms with Crippen LogP contribution in [-0.2, 0) is 11.2 Å². The predicted octanol–water partition coefficient (Wildman–Crippen LogP) is 3.40. The number of piperidine rings is 1. The zero-order chi connectivity index (χ0) is 16.9. The lowest BCUT2D eigenvalue weighted by molar-refractivity contribution is -0.126. The molecule has 24 heavy (non-hydrogen) atoms. The molecule has 0 radical (unpaired) electrons. The molecule has 2 heterocycles. The van der Waals surface area contributed by atoms with Crippen LogP contribution in [-0.4, -0.2) is 29.0 Å². The fourth-order valence-corrected chi connectivity index (χ4v) is 3.88. The van der Waals surface area contributed by atoms with Gasteiger partial charge in [-0.05, 0) is 51.4 Å². The normalized spacial score (nSPS) is 20.8. The van der Waals surface area contributed by atoms with Crippen LogP contribution >= 0.6 is 0 Å². The molecule has 1 N–H and O–H groups in total. The Kier molecular flexibility index (Phi) is 5.69. The topological polar surface area (TPSA) is 58.1 Å². The van der Waals surface area contributed by atoms with Crippen molar-refractivity contribution >= 4 is 11.9 Å². The molecule has 0 unspecified atom stereocenters. The summed E-state index contributed by atoms with van der Waals surface area (Å²) in [6, 6.07) is 0.0808. The Morgan fingerprint density at radius 2 is 2.00 bits per heavy atom. The van der Waals surface area contributed by atoms with E-state index in [0.717, 1.165) is 62.4 Å². The fourth-order valence-electron chi connectivity index (χ4n) is 3.88. The van der Waals surface area contributed by atoms with E-state index in [1.54, 1.807) is 0 Å². The average Bonchev–Trinajstić information content (AvgIpc) is 2.63. The SMILES string of the molecule is CCC(CC)C(=O)N[C@H]1CCCc2nc(N3CCCCC3)ncc21. The van der Waals surface area contributed by atoms with Crippen molar-refractivity contribution in [3.8, 4) is 0 Å². The van der Waals surface area contributed by atoms with Gasteiger partial charge in [0.2, 0.25) is 11.9 Å². The molecule has 1 aromatic rings. The molecule has 5 nitrogen and oxygen atoms in total. The number of rotatable bonds is 5. The van der Waals surface area contributed by atoms with E-state index in [-0.39, 0.29) is 17.9 Å². The van der Waals surface area contributed by atoms with E-state index < -0.39 is 0 Å². The first-order valence-corrected chi connectivity index (χ1v) is 9.64. The molecule has 1 aromatic heterocycles. The second kappa shape index (κ2) is 7.95. The molecule has 1 aliphatic heterocycles. The van der Waals surface area contributed by atoms with Crippen LogP contribution in [0, 0.1) is 5.92 Å². The number of carbonyl (C=O) groups excluding carboxylic acids is 1. The lowest BCUT2D eigenvalue weighted by Gasteiger charge is -2.30. The molecule has 0 aromatic carbocycles. The molecular weight excluding hydrogens is 300 g/mol. The molecule has 0 spiro atoms. The summed E-state index contributed by atoms with van der Waals surface area (Å²) in [5, 5.41) is 3.24. The highest BCUT2D eigenvalue weighted by atomic mass is 16.1. The highest BCUT2D eigenvalue weighted by Crippen LogP contribution is 2.30. The quantitative estimate of drug-likeness (QED) is 0.899. The van der Waals surface area contributed by atoms with Gasteiger partial charge in [-0.25, -0.2) is 9.97 Å². The van der Waals surface area contributed by atoms with E-state index in [1.165, 1.54) is 19.3 Å². The molecule has 3 rings (SSSR count). The number of aryl methyl sites for hydroxylation is 1. The molecule has 1 fully saturated rings. The van der Waals surface area contributed by atoms with Crippen LogP contribution in [0.1, 0.15) is 76.1 Å². The first-order valence-electron chi connectivity index (χ1n) is 9.64. The lowest BCUT2D eigenvalue weighted by atomic mass is 9.91. The lowest BCUT2D eigenvalue weighted by Crippen LogP contribution is -2.36. The first kappa shape index (κ1) is 17.2. The number of hydrogen-bond donors (Lipinski definition) is 1.